The first-order chi connectivity index (χ1) is 10.6. The minimum Gasteiger partial charge on any atom is -0.353 e. The van der Waals surface area contributed by atoms with Crippen LogP contribution in [0.1, 0.15) is 42.5 Å². The first-order valence-corrected chi connectivity index (χ1v) is 7.50. The smallest absolute Gasteiger partial charge is 0.254 e. The lowest BCUT2D eigenvalue weighted by molar-refractivity contribution is -0.121. The predicted octanol–water partition coefficient (Wildman–Crippen LogP) is 0.727. The molecular weight excluding hydrogens is 287 g/mol. The molecule has 0 saturated heterocycles. The summed E-state index contributed by atoms with van der Waals surface area (Å²) >= 11 is 0. The number of halogens is 1. The molecule has 1 aliphatic rings. The van der Waals surface area contributed by atoms with Gasteiger partial charge in [-0.1, -0.05) is 0 Å². The number of carbonyl (C=O) groups is 2. The normalized spacial score (nSPS) is 21.2. The summed E-state index contributed by atoms with van der Waals surface area (Å²) in [6.45, 7) is 0.342. The molecule has 0 aromatic carbocycles. The zero-order valence-corrected chi connectivity index (χ0v) is 12.3. The number of nitrogens with one attached hydrogen (secondary N) is 2. The zero-order valence-electron chi connectivity index (χ0n) is 12.3. The maximum absolute atomic E-state index is 13.5. The van der Waals surface area contributed by atoms with Crippen LogP contribution >= 0.6 is 0 Å². The van der Waals surface area contributed by atoms with E-state index < -0.39 is 11.7 Å². The van der Waals surface area contributed by atoms with E-state index in [2.05, 4.69) is 15.6 Å². The Morgan fingerprint density at radius 2 is 1.86 bits per heavy atom. The number of pyridine rings is 1. The number of rotatable bonds is 5. The van der Waals surface area contributed by atoms with Crippen molar-refractivity contribution in [2.24, 2.45) is 5.73 Å². The van der Waals surface area contributed by atoms with E-state index in [-0.39, 0.29) is 23.6 Å². The van der Waals surface area contributed by atoms with E-state index in [1.54, 1.807) is 0 Å². The van der Waals surface area contributed by atoms with Crippen LogP contribution in [0, 0.1) is 5.82 Å². The molecule has 6 nitrogen and oxygen atoms in total. The van der Waals surface area contributed by atoms with Gasteiger partial charge in [0.05, 0.1) is 11.8 Å². The van der Waals surface area contributed by atoms with Gasteiger partial charge in [0.25, 0.3) is 5.91 Å². The molecule has 1 heterocycles. The van der Waals surface area contributed by atoms with Crippen molar-refractivity contribution in [2.75, 3.05) is 6.54 Å². The highest BCUT2D eigenvalue weighted by molar-refractivity contribution is 5.94. The second kappa shape index (κ2) is 7.84. The first kappa shape index (κ1) is 16.4. The lowest BCUT2D eigenvalue weighted by atomic mass is 9.91. The average molecular weight is 308 g/mol. The minimum absolute atomic E-state index is 0.00252. The highest BCUT2D eigenvalue weighted by Crippen LogP contribution is 2.19. The maximum atomic E-state index is 13.5. The van der Waals surface area contributed by atoms with Gasteiger partial charge in [0.2, 0.25) is 5.91 Å². The Bertz CT molecular complexity index is 530. The van der Waals surface area contributed by atoms with Gasteiger partial charge in [0.1, 0.15) is 0 Å². The molecule has 0 aliphatic heterocycles. The summed E-state index contributed by atoms with van der Waals surface area (Å²) in [6, 6.07) is 1.50. The SMILES string of the molecule is NCCC(=O)N[C@H]1CC[C@H](NC(=O)c2ccncc2F)CC1. The fourth-order valence-electron chi connectivity index (χ4n) is 2.64. The van der Waals surface area contributed by atoms with Crippen LogP contribution in [0.2, 0.25) is 0 Å². The molecule has 0 unspecified atom stereocenters. The molecule has 7 heteroatoms. The van der Waals surface area contributed by atoms with Crippen LogP contribution in [-0.2, 0) is 4.79 Å². The molecule has 0 bridgehead atoms. The molecule has 2 amide bonds. The molecule has 2 rings (SSSR count). The molecule has 1 aliphatic carbocycles. The number of hydrogen-bond donors (Lipinski definition) is 3. The van der Waals surface area contributed by atoms with Gasteiger partial charge in [-0.05, 0) is 31.7 Å². The molecule has 22 heavy (non-hydrogen) atoms. The van der Waals surface area contributed by atoms with Crippen LogP contribution < -0.4 is 16.4 Å². The number of carbonyl (C=O) groups excluding carboxylic acids is 2. The van der Waals surface area contributed by atoms with Gasteiger partial charge in [-0.3, -0.25) is 14.6 Å². The third-order valence-corrected chi connectivity index (χ3v) is 3.82. The molecule has 1 aromatic heterocycles. The van der Waals surface area contributed by atoms with E-state index in [1.807, 2.05) is 0 Å². The number of aromatic nitrogens is 1. The molecular formula is C15H21FN4O2. The second-order valence-electron chi connectivity index (χ2n) is 5.48. The molecule has 0 radical (unpaired) electrons. The van der Waals surface area contributed by atoms with Crippen molar-refractivity contribution in [3.05, 3.63) is 29.8 Å². The van der Waals surface area contributed by atoms with Gasteiger partial charge < -0.3 is 16.4 Å². The van der Waals surface area contributed by atoms with Crippen molar-refractivity contribution in [3.63, 3.8) is 0 Å². The molecule has 1 saturated carbocycles. The Balaban J connectivity index is 1.79. The van der Waals surface area contributed by atoms with Crippen LogP contribution in [0.4, 0.5) is 4.39 Å². The fourth-order valence-corrected chi connectivity index (χ4v) is 2.64. The van der Waals surface area contributed by atoms with Crippen LogP contribution in [-0.4, -0.2) is 35.4 Å². The minimum atomic E-state index is -0.622. The highest BCUT2D eigenvalue weighted by Gasteiger charge is 2.24. The summed E-state index contributed by atoms with van der Waals surface area (Å²) in [5, 5.41) is 5.77. The van der Waals surface area contributed by atoms with E-state index in [9.17, 15) is 14.0 Å². The van der Waals surface area contributed by atoms with Crippen molar-refractivity contribution >= 4 is 11.8 Å². The number of nitrogens with zero attached hydrogens (tertiary/aromatic N) is 1. The topological polar surface area (TPSA) is 97.1 Å². The summed E-state index contributed by atoms with van der Waals surface area (Å²) in [5.41, 5.74) is 5.34. The van der Waals surface area contributed by atoms with E-state index in [4.69, 9.17) is 5.73 Å². The Kier molecular flexibility index (Phi) is 5.83. The van der Waals surface area contributed by atoms with E-state index in [0.717, 1.165) is 31.9 Å². The van der Waals surface area contributed by atoms with Crippen molar-refractivity contribution in [1.82, 2.24) is 15.6 Å². The lowest BCUT2D eigenvalue weighted by Crippen LogP contribution is -2.44. The summed E-state index contributed by atoms with van der Waals surface area (Å²) in [4.78, 5) is 27.1. The zero-order chi connectivity index (χ0) is 15.9. The van der Waals surface area contributed by atoms with Crippen molar-refractivity contribution in [1.29, 1.82) is 0 Å². The van der Waals surface area contributed by atoms with E-state index in [1.165, 1.54) is 12.3 Å². The van der Waals surface area contributed by atoms with Crippen LogP contribution in [0.15, 0.2) is 18.5 Å². The van der Waals surface area contributed by atoms with Gasteiger partial charge in [0, 0.05) is 31.2 Å². The Labute approximate surface area is 128 Å². The third kappa shape index (κ3) is 4.49. The number of nitrogens with two attached hydrogens (primary N) is 1. The fraction of sp³-hybridized carbons (Fsp3) is 0.533. The second-order valence-corrected chi connectivity index (χ2v) is 5.48. The Hall–Kier alpha value is -2.02. The Morgan fingerprint density at radius 3 is 2.45 bits per heavy atom. The monoisotopic (exact) mass is 308 g/mol. The first-order valence-electron chi connectivity index (χ1n) is 7.50. The van der Waals surface area contributed by atoms with E-state index >= 15 is 0 Å². The summed E-state index contributed by atoms with van der Waals surface area (Å²) in [7, 11) is 0. The van der Waals surface area contributed by atoms with Crippen molar-refractivity contribution in [3.8, 4) is 0 Å². The number of amides is 2. The largest absolute Gasteiger partial charge is 0.353 e. The highest BCUT2D eigenvalue weighted by atomic mass is 19.1. The summed E-state index contributed by atoms with van der Waals surface area (Å²) in [5.74, 6) is -1.08. The molecule has 1 fully saturated rings. The van der Waals surface area contributed by atoms with Gasteiger partial charge in [-0.25, -0.2) is 4.39 Å². The lowest BCUT2D eigenvalue weighted by Gasteiger charge is -2.29. The molecule has 4 N–H and O–H groups in total. The third-order valence-electron chi connectivity index (χ3n) is 3.82. The molecule has 0 spiro atoms. The van der Waals surface area contributed by atoms with E-state index in [0.29, 0.717) is 13.0 Å². The Morgan fingerprint density at radius 1 is 1.23 bits per heavy atom. The van der Waals surface area contributed by atoms with Gasteiger partial charge in [-0.2, -0.15) is 0 Å². The van der Waals surface area contributed by atoms with Crippen LogP contribution in [0.3, 0.4) is 0 Å². The van der Waals surface area contributed by atoms with Gasteiger partial charge in [0.15, 0.2) is 5.82 Å². The number of hydrogen-bond acceptors (Lipinski definition) is 4. The summed E-state index contributed by atoms with van der Waals surface area (Å²) < 4.78 is 13.5. The molecule has 0 atom stereocenters. The summed E-state index contributed by atoms with van der Waals surface area (Å²) in [6.07, 6.45) is 5.84. The van der Waals surface area contributed by atoms with Crippen molar-refractivity contribution < 1.29 is 14.0 Å². The van der Waals surface area contributed by atoms with Gasteiger partial charge in [-0.15, -0.1) is 0 Å². The average Bonchev–Trinajstić information content (AvgIpc) is 2.50. The maximum Gasteiger partial charge on any atom is 0.254 e. The predicted molar refractivity (Wildman–Crippen MR) is 79.5 cm³/mol. The van der Waals surface area contributed by atoms with Crippen LogP contribution in [0.25, 0.3) is 0 Å². The standard InChI is InChI=1S/C15H21FN4O2/c16-13-9-18-8-6-12(13)15(22)20-11-3-1-10(2-4-11)19-14(21)5-7-17/h6,8-11H,1-5,7,17H2,(H,19,21)(H,20,22)/t10-,11-. The van der Waals surface area contributed by atoms with Crippen molar-refractivity contribution in [2.45, 2.75) is 44.2 Å². The quantitative estimate of drug-likeness (QED) is 0.747. The van der Waals surface area contributed by atoms with Gasteiger partial charge >= 0.3 is 0 Å². The molecule has 1 aromatic rings. The molecule has 120 valence electrons. The van der Waals surface area contributed by atoms with Crippen LogP contribution in [0.5, 0.6) is 0 Å².